The first-order valence-electron chi connectivity index (χ1n) is 20.2. The quantitative estimate of drug-likeness (QED) is 0.0808. The number of benzene rings is 2. The fourth-order valence-electron chi connectivity index (χ4n) is 6.33. The van der Waals surface area contributed by atoms with Crippen LogP contribution in [-0.2, 0) is 16.0 Å². The number of nitrogens with zero attached hydrogens (tertiary/aromatic N) is 2. The molecule has 0 heterocycles. The maximum absolute atomic E-state index is 12.8. The van der Waals surface area contributed by atoms with E-state index in [2.05, 4.69) is 72.4 Å². The van der Waals surface area contributed by atoms with Gasteiger partial charge in [-0.1, -0.05) is 129 Å². The van der Waals surface area contributed by atoms with E-state index in [1.165, 1.54) is 114 Å². The fraction of sp³-hybridized carbons (Fsp3) is 0.674. The third-order valence-corrected chi connectivity index (χ3v) is 9.51. The predicted octanol–water partition coefficient (Wildman–Crippen LogP) is 10.9. The highest BCUT2D eigenvalue weighted by molar-refractivity contribution is 5.91. The number of carbonyl (C=O) groups is 2. The zero-order chi connectivity index (χ0) is 35.4. The molecular formula is C43H72N4O2. The normalized spacial score (nSPS) is 11.4. The highest BCUT2D eigenvalue weighted by atomic mass is 16.2. The van der Waals surface area contributed by atoms with Crippen LogP contribution >= 0.6 is 0 Å². The number of rotatable bonds is 30. The third-order valence-electron chi connectivity index (χ3n) is 9.51. The van der Waals surface area contributed by atoms with Crippen molar-refractivity contribution < 1.29 is 9.59 Å². The zero-order valence-electron chi connectivity index (χ0n) is 32.0. The molecule has 0 fully saturated rings. The van der Waals surface area contributed by atoms with Crippen LogP contribution in [0.15, 0.2) is 48.5 Å². The van der Waals surface area contributed by atoms with E-state index in [9.17, 15) is 9.59 Å². The highest BCUT2D eigenvalue weighted by Gasteiger charge is 2.11. The van der Waals surface area contributed by atoms with Gasteiger partial charge in [-0.25, -0.2) is 0 Å². The van der Waals surface area contributed by atoms with E-state index in [-0.39, 0.29) is 11.8 Å². The highest BCUT2D eigenvalue weighted by Crippen LogP contribution is 2.17. The van der Waals surface area contributed by atoms with Gasteiger partial charge in [-0.05, 0) is 93.7 Å². The van der Waals surface area contributed by atoms with E-state index in [1.54, 1.807) is 0 Å². The smallest absolute Gasteiger partial charge is 0.225 e. The molecule has 2 aromatic carbocycles. The van der Waals surface area contributed by atoms with Gasteiger partial charge in [0.2, 0.25) is 11.8 Å². The van der Waals surface area contributed by atoms with Crippen LogP contribution in [0.3, 0.4) is 0 Å². The molecule has 49 heavy (non-hydrogen) atoms. The maximum atomic E-state index is 12.8. The monoisotopic (exact) mass is 677 g/mol. The summed E-state index contributed by atoms with van der Waals surface area (Å²) in [5.74, 6) is 0.173. The summed E-state index contributed by atoms with van der Waals surface area (Å²) in [6, 6.07) is 16.4. The van der Waals surface area contributed by atoms with Crippen molar-refractivity contribution in [2.45, 2.75) is 150 Å². The summed E-state index contributed by atoms with van der Waals surface area (Å²) in [5, 5.41) is 6.21. The van der Waals surface area contributed by atoms with Crippen LogP contribution in [0.2, 0.25) is 0 Å². The number of nitrogens with one attached hydrogen (secondary N) is 2. The Morgan fingerprint density at radius 2 is 0.735 bits per heavy atom. The van der Waals surface area contributed by atoms with Gasteiger partial charge in [-0.2, -0.15) is 0 Å². The second-order valence-corrected chi connectivity index (χ2v) is 14.1. The van der Waals surface area contributed by atoms with E-state index >= 15 is 0 Å². The first kappa shape index (κ1) is 42.5. The maximum Gasteiger partial charge on any atom is 0.225 e. The Morgan fingerprint density at radius 1 is 0.429 bits per heavy atom. The summed E-state index contributed by atoms with van der Waals surface area (Å²) in [7, 11) is 0. The lowest BCUT2D eigenvalue weighted by molar-refractivity contribution is -0.117. The van der Waals surface area contributed by atoms with Crippen molar-refractivity contribution in [3.05, 3.63) is 59.7 Å². The van der Waals surface area contributed by atoms with Crippen molar-refractivity contribution in [2.24, 2.45) is 0 Å². The first-order valence-corrected chi connectivity index (χ1v) is 20.2. The van der Waals surface area contributed by atoms with Crippen molar-refractivity contribution in [1.82, 2.24) is 9.80 Å². The molecule has 0 aliphatic heterocycles. The molecule has 2 aromatic rings. The number of unbranched alkanes of at least 4 members (excludes halogenated alkanes) is 12. The molecule has 2 rings (SSSR count). The molecule has 276 valence electrons. The summed E-state index contributed by atoms with van der Waals surface area (Å²) in [5.41, 5.74) is 4.09. The van der Waals surface area contributed by atoms with Gasteiger partial charge >= 0.3 is 0 Å². The summed E-state index contributed by atoms with van der Waals surface area (Å²) >= 11 is 0. The van der Waals surface area contributed by atoms with Gasteiger partial charge in [0.05, 0.1) is 0 Å². The molecule has 0 atom stereocenters. The van der Waals surface area contributed by atoms with Gasteiger partial charge in [0, 0.05) is 37.3 Å². The minimum atomic E-state index is 0.0865. The molecule has 0 radical (unpaired) electrons. The molecule has 6 nitrogen and oxygen atoms in total. The molecule has 0 aliphatic carbocycles. The van der Waals surface area contributed by atoms with Crippen molar-refractivity contribution in [3.8, 4) is 0 Å². The Kier molecular flexibility index (Phi) is 24.3. The topological polar surface area (TPSA) is 64.7 Å². The Bertz CT molecular complexity index is 1010. The lowest BCUT2D eigenvalue weighted by Crippen LogP contribution is -2.30. The SMILES string of the molecule is CCCCCCCN(CCCCC)CCC(=O)Nc1ccc(Cc2ccc(NC(=O)CCN(CCCCC)CCCCCCC)cc2)cc1. The minimum absolute atomic E-state index is 0.0865. The Balaban J connectivity index is 1.76. The Morgan fingerprint density at radius 3 is 1.08 bits per heavy atom. The van der Waals surface area contributed by atoms with Gasteiger partial charge in [-0.3, -0.25) is 9.59 Å². The van der Waals surface area contributed by atoms with Crippen molar-refractivity contribution in [3.63, 3.8) is 0 Å². The summed E-state index contributed by atoms with van der Waals surface area (Å²) in [6.45, 7) is 15.0. The molecule has 2 N–H and O–H groups in total. The van der Waals surface area contributed by atoms with Gasteiger partial charge < -0.3 is 20.4 Å². The van der Waals surface area contributed by atoms with E-state index in [0.717, 1.165) is 57.1 Å². The fourth-order valence-corrected chi connectivity index (χ4v) is 6.33. The van der Waals surface area contributed by atoms with Crippen molar-refractivity contribution >= 4 is 23.2 Å². The van der Waals surface area contributed by atoms with Gasteiger partial charge in [0.25, 0.3) is 0 Å². The molecule has 0 unspecified atom stereocenters. The van der Waals surface area contributed by atoms with Crippen LogP contribution in [-0.4, -0.2) is 60.9 Å². The van der Waals surface area contributed by atoms with Crippen LogP contribution in [0.4, 0.5) is 11.4 Å². The zero-order valence-corrected chi connectivity index (χ0v) is 32.0. The van der Waals surface area contributed by atoms with Crippen LogP contribution < -0.4 is 10.6 Å². The van der Waals surface area contributed by atoms with E-state index < -0.39 is 0 Å². The molecule has 0 aromatic heterocycles. The molecule has 0 saturated heterocycles. The van der Waals surface area contributed by atoms with Gasteiger partial charge in [-0.15, -0.1) is 0 Å². The van der Waals surface area contributed by atoms with Crippen molar-refractivity contribution in [1.29, 1.82) is 0 Å². The standard InChI is InChI=1S/C43H72N4O2/c1-5-9-13-15-19-33-46(31-17-11-7-3)35-29-42(48)44-40-25-21-38(22-26-40)37-39-23-27-41(28-24-39)45-43(49)30-36-47(32-18-12-8-4)34-20-16-14-10-6-2/h21-28H,5-20,29-37H2,1-4H3,(H,44,48)(H,45,49). The predicted molar refractivity (Wildman–Crippen MR) is 212 cm³/mol. The second kappa shape index (κ2) is 28.0. The average Bonchev–Trinajstić information content (AvgIpc) is 3.10. The Hall–Kier alpha value is -2.70. The first-order chi connectivity index (χ1) is 24.0. The van der Waals surface area contributed by atoms with E-state index in [4.69, 9.17) is 0 Å². The molecule has 0 spiro atoms. The van der Waals surface area contributed by atoms with Crippen LogP contribution in [0.25, 0.3) is 0 Å². The molecule has 0 bridgehead atoms. The second-order valence-electron chi connectivity index (χ2n) is 14.1. The van der Waals surface area contributed by atoms with Gasteiger partial charge in [0.15, 0.2) is 0 Å². The molecular weight excluding hydrogens is 604 g/mol. The van der Waals surface area contributed by atoms with Crippen LogP contribution in [0.1, 0.15) is 154 Å². The van der Waals surface area contributed by atoms with Crippen LogP contribution in [0.5, 0.6) is 0 Å². The number of hydrogen-bond acceptors (Lipinski definition) is 4. The van der Waals surface area contributed by atoms with E-state index in [0.29, 0.717) is 12.8 Å². The summed E-state index contributed by atoms with van der Waals surface area (Å²) in [4.78, 5) is 30.5. The largest absolute Gasteiger partial charge is 0.326 e. The number of hydrogen-bond donors (Lipinski definition) is 2. The number of amides is 2. The summed E-state index contributed by atoms with van der Waals surface area (Å²) < 4.78 is 0. The van der Waals surface area contributed by atoms with Gasteiger partial charge in [0.1, 0.15) is 0 Å². The molecule has 0 aliphatic rings. The average molecular weight is 677 g/mol. The third kappa shape index (κ3) is 21.2. The lowest BCUT2D eigenvalue weighted by atomic mass is 10.0. The molecule has 2 amide bonds. The lowest BCUT2D eigenvalue weighted by Gasteiger charge is -2.22. The minimum Gasteiger partial charge on any atom is -0.326 e. The number of anilines is 2. The molecule has 0 saturated carbocycles. The Labute approximate surface area is 301 Å². The van der Waals surface area contributed by atoms with Crippen molar-refractivity contribution in [2.75, 3.05) is 49.9 Å². The number of carbonyl (C=O) groups excluding carboxylic acids is 2. The van der Waals surface area contributed by atoms with E-state index in [1.807, 2.05) is 24.3 Å². The molecule has 6 heteroatoms. The summed E-state index contributed by atoms with van der Waals surface area (Å²) in [6.07, 6.45) is 22.1. The van der Waals surface area contributed by atoms with Crippen LogP contribution in [0, 0.1) is 0 Å².